The molecule has 0 aliphatic heterocycles. The molecule has 0 aliphatic rings. The van der Waals surface area contributed by atoms with Crippen molar-refractivity contribution in [1.82, 2.24) is 0 Å². The van der Waals surface area contributed by atoms with Crippen molar-refractivity contribution in [3.8, 4) is 0 Å². The first-order chi connectivity index (χ1) is 12.3. The maximum atomic E-state index is 6.56. The second kappa shape index (κ2) is 10.3. The summed E-state index contributed by atoms with van der Waals surface area (Å²) in [4.78, 5) is 0. The van der Waals surface area contributed by atoms with E-state index < -0.39 is 7.26 Å². The van der Waals surface area contributed by atoms with Crippen molar-refractivity contribution >= 4 is 51.8 Å². The molecule has 3 aromatic rings. The topological polar surface area (TPSA) is 0 Å². The van der Waals surface area contributed by atoms with Crippen LogP contribution in [-0.2, 0) is 0 Å². The van der Waals surface area contributed by atoms with Crippen LogP contribution in [0.4, 0.5) is 0 Å². The van der Waals surface area contributed by atoms with Crippen molar-refractivity contribution in [3.05, 3.63) is 91.0 Å². The minimum absolute atomic E-state index is 0. The van der Waals surface area contributed by atoms with Crippen LogP contribution in [0.3, 0.4) is 0 Å². The molecule has 0 nitrogen and oxygen atoms in total. The van der Waals surface area contributed by atoms with Gasteiger partial charge >= 0.3 is 157 Å². The van der Waals surface area contributed by atoms with Gasteiger partial charge in [-0.3, -0.25) is 0 Å². The molecule has 0 N–H and O–H groups in total. The zero-order valence-electron chi connectivity index (χ0n) is 15.1. The molecule has 0 aromatic heterocycles. The molecule has 3 aromatic carbocycles. The van der Waals surface area contributed by atoms with Gasteiger partial charge in [-0.25, -0.2) is 0 Å². The van der Waals surface area contributed by atoms with E-state index in [0.29, 0.717) is 0 Å². The molecule has 1 unspecified atom stereocenters. The van der Waals surface area contributed by atoms with Crippen molar-refractivity contribution < 1.29 is 0 Å². The van der Waals surface area contributed by atoms with Gasteiger partial charge < -0.3 is 0 Å². The van der Waals surface area contributed by atoms with Gasteiger partial charge in [-0.15, -0.1) is 17.0 Å². The summed E-state index contributed by atoms with van der Waals surface area (Å²) in [6.45, 7) is 2.18. The number of benzene rings is 3. The average Bonchev–Trinajstić information content (AvgIpc) is 2.71. The van der Waals surface area contributed by atoms with Gasteiger partial charge in [-0.2, -0.15) is 0 Å². The Bertz CT molecular complexity index is 665. The number of rotatable bonds is 7. The molecule has 0 saturated carbocycles. The normalized spacial score (nSPS) is 12.8. The maximum absolute atomic E-state index is 6.56. The van der Waals surface area contributed by atoms with Crippen LogP contribution in [0.1, 0.15) is 19.8 Å². The first-order valence-corrected chi connectivity index (χ1v) is 11.7. The van der Waals surface area contributed by atoms with E-state index in [1.54, 1.807) is 0 Å². The van der Waals surface area contributed by atoms with Gasteiger partial charge in [0.05, 0.1) is 0 Å². The zero-order chi connectivity index (χ0) is 17.5. The summed E-state index contributed by atoms with van der Waals surface area (Å²) in [5.41, 5.74) is 0. The Labute approximate surface area is 173 Å². The average molecular weight is 450 g/mol. The third-order valence-electron chi connectivity index (χ3n) is 5.08. The van der Waals surface area contributed by atoms with E-state index in [-0.39, 0.29) is 22.4 Å². The number of halogens is 2. The van der Waals surface area contributed by atoms with Gasteiger partial charge in [0, 0.05) is 0 Å². The Kier molecular flexibility index (Phi) is 8.35. The van der Waals surface area contributed by atoms with Gasteiger partial charge in [-0.05, 0) is 0 Å². The van der Waals surface area contributed by atoms with Crippen molar-refractivity contribution in [1.29, 1.82) is 0 Å². The number of hydrogen-bond acceptors (Lipinski definition) is 0. The van der Waals surface area contributed by atoms with Gasteiger partial charge in [0.1, 0.15) is 0 Å². The predicted molar refractivity (Wildman–Crippen MR) is 126 cm³/mol. The molecule has 0 fully saturated rings. The van der Waals surface area contributed by atoms with Crippen molar-refractivity contribution in [2.24, 2.45) is 0 Å². The molecule has 1 atom stereocenters. The summed E-state index contributed by atoms with van der Waals surface area (Å²) in [5, 5.41) is 4.63. The van der Waals surface area contributed by atoms with Crippen molar-refractivity contribution in [3.63, 3.8) is 0 Å². The molecular weight excluding hydrogens is 423 g/mol. The second-order valence-electron chi connectivity index (χ2n) is 6.55. The Balaban J connectivity index is 0.00000243. The SMILES string of the molecule is Br.CCC(Cl)CC[PH](c1ccccc1)(c1ccccc1)c1ccccc1. The Hall–Kier alpha value is -1.14. The number of hydrogen-bond donors (Lipinski definition) is 0. The molecular formula is C23H27BrClP. The summed E-state index contributed by atoms with van der Waals surface area (Å²) >= 11 is 6.56. The molecule has 0 bridgehead atoms. The van der Waals surface area contributed by atoms with Gasteiger partial charge in [-0.1, -0.05) is 0 Å². The summed E-state index contributed by atoms with van der Waals surface area (Å²) in [7, 11) is -2.09. The van der Waals surface area contributed by atoms with Crippen LogP contribution in [-0.4, -0.2) is 11.5 Å². The minimum atomic E-state index is -2.09. The summed E-state index contributed by atoms with van der Waals surface area (Å²) in [6, 6.07) is 33.2. The Morgan fingerprint density at radius 2 is 1.04 bits per heavy atom. The fourth-order valence-corrected chi connectivity index (χ4v) is 8.90. The van der Waals surface area contributed by atoms with Gasteiger partial charge in [0.15, 0.2) is 0 Å². The molecule has 26 heavy (non-hydrogen) atoms. The van der Waals surface area contributed by atoms with Gasteiger partial charge in [0.2, 0.25) is 0 Å². The zero-order valence-corrected chi connectivity index (χ0v) is 18.6. The second-order valence-corrected chi connectivity index (χ2v) is 11.2. The molecule has 0 amide bonds. The quantitative estimate of drug-likeness (QED) is 0.321. The Morgan fingerprint density at radius 3 is 1.35 bits per heavy atom. The molecule has 138 valence electrons. The van der Waals surface area contributed by atoms with Crippen molar-refractivity contribution in [2.75, 3.05) is 6.16 Å². The molecule has 0 spiro atoms. The predicted octanol–water partition coefficient (Wildman–Crippen LogP) is 5.70. The van der Waals surface area contributed by atoms with E-state index in [0.717, 1.165) is 19.0 Å². The van der Waals surface area contributed by atoms with Crippen molar-refractivity contribution in [2.45, 2.75) is 25.1 Å². The van der Waals surface area contributed by atoms with E-state index in [9.17, 15) is 0 Å². The summed E-state index contributed by atoms with van der Waals surface area (Å²) < 4.78 is 0. The number of alkyl halides is 1. The standard InChI is InChI=1S/C23H26ClP.BrH/c1-2-20(24)18-19-25(21-12-6-3-7-13-21,22-14-8-4-9-15-22)23-16-10-5-11-17-23;/h3-17,20,25H,2,18-19H2,1H3;1H. The molecule has 0 saturated heterocycles. The molecule has 0 radical (unpaired) electrons. The third kappa shape index (κ3) is 4.58. The molecule has 3 rings (SSSR count). The first kappa shape index (κ1) is 21.2. The summed E-state index contributed by atoms with van der Waals surface area (Å²) in [5.74, 6) is 0. The fourth-order valence-electron chi connectivity index (χ4n) is 3.68. The third-order valence-corrected chi connectivity index (χ3v) is 10.6. The molecule has 0 aliphatic carbocycles. The van der Waals surface area contributed by atoms with E-state index in [4.69, 9.17) is 11.6 Å². The van der Waals surface area contributed by atoms with E-state index >= 15 is 0 Å². The molecule has 3 heteroatoms. The van der Waals surface area contributed by atoms with E-state index in [2.05, 4.69) is 97.9 Å². The van der Waals surface area contributed by atoms with Crippen LogP contribution in [0.15, 0.2) is 91.0 Å². The monoisotopic (exact) mass is 448 g/mol. The molecule has 0 heterocycles. The van der Waals surface area contributed by atoms with Crippen LogP contribution in [0.5, 0.6) is 0 Å². The van der Waals surface area contributed by atoms with Crippen LogP contribution in [0, 0.1) is 0 Å². The van der Waals surface area contributed by atoms with Crippen LogP contribution < -0.4 is 15.9 Å². The fraction of sp³-hybridized carbons (Fsp3) is 0.217. The van der Waals surface area contributed by atoms with Gasteiger partial charge in [0.25, 0.3) is 0 Å². The Morgan fingerprint density at radius 1 is 0.692 bits per heavy atom. The van der Waals surface area contributed by atoms with E-state index in [1.165, 1.54) is 15.9 Å². The summed E-state index contributed by atoms with van der Waals surface area (Å²) in [6.07, 6.45) is 3.19. The van der Waals surface area contributed by atoms with Crippen LogP contribution in [0.25, 0.3) is 0 Å². The van der Waals surface area contributed by atoms with E-state index in [1.807, 2.05) is 0 Å². The first-order valence-electron chi connectivity index (χ1n) is 9.08. The van der Waals surface area contributed by atoms with Crippen LogP contribution in [0.2, 0.25) is 0 Å². The van der Waals surface area contributed by atoms with Crippen LogP contribution >= 0.6 is 35.8 Å².